The van der Waals surface area contributed by atoms with Gasteiger partial charge in [-0.3, -0.25) is 0 Å². The van der Waals surface area contributed by atoms with Crippen molar-refractivity contribution in [1.29, 1.82) is 0 Å². The molecule has 0 bridgehead atoms. The fraction of sp³-hybridized carbons (Fsp3) is 0.440. The van der Waals surface area contributed by atoms with Gasteiger partial charge in [0, 0.05) is 18.3 Å². The molecule has 1 saturated heterocycles. The SMILES string of the molecule is CN(CCCC1CC(N(N)/C=C(\N)c2cc(F)c(F)c(F)c2)C(O)C(CO)O1)Cc1ccccc1. The largest absolute Gasteiger partial charge is 0.397 e. The first-order chi connectivity index (χ1) is 16.7. The fourth-order valence-corrected chi connectivity index (χ4v) is 4.29. The molecule has 3 rings (SSSR count). The first-order valence-electron chi connectivity index (χ1n) is 11.5. The quantitative estimate of drug-likeness (QED) is 0.228. The Labute approximate surface area is 203 Å². The number of benzene rings is 2. The minimum atomic E-state index is -1.59. The maximum Gasteiger partial charge on any atom is 0.194 e. The van der Waals surface area contributed by atoms with E-state index in [1.165, 1.54) is 11.8 Å². The average Bonchev–Trinajstić information content (AvgIpc) is 2.83. The lowest BCUT2D eigenvalue weighted by atomic mass is 9.93. The van der Waals surface area contributed by atoms with E-state index in [0.717, 1.165) is 36.7 Å². The van der Waals surface area contributed by atoms with Crippen molar-refractivity contribution < 1.29 is 28.1 Å². The summed E-state index contributed by atoms with van der Waals surface area (Å²) in [6.07, 6.45) is 0.852. The van der Waals surface area contributed by atoms with Crippen LogP contribution in [-0.2, 0) is 11.3 Å². The van der Waals surface area contributed by atoms with Gasteiger partial charge in [-0.15, -0.1) is 0 Å². The van der Waals surface area contributed by atoms with Crippen LogP contribution in [-0.4, -0.2) is 64.7 Å². The minimum Gasteiger partial charge on any atom is -0.397 e. The molecule has 1 fully saturated rings. The monoisotopic (exact) mass is 494 g/mol. The number of aliphatic hydroxyl groups excluding tert-OH is 2. The Kier molecular flexibility index (Phi) is 9.53. The van der Waals surface area contributed by atoms with Crippen molar-refractivity contribution in [1.82, 2.24) is 9.91 Å². The Bertz CT molecular complexity index is 972. The summed E-state index contributed by atoms with van der Waals surface area (Å²) in [7, 11) is 2.04. The van der Waals surface area contributed by atoms with Crippen molar-refractivity contribution in [2.45, 2.75) is 50.2 Å². The molecule has 7 nitrogen and oxygen atoms in total. The predicted octanol–water partition coefficient (Wildman–Crippen LogP) is 2.33. The number of rotatable bonds is 10. The Hall–Kier alpha value is -2.63. The third kappa shape index (κ3) is 7.18. The maximum atomic E-state index is 13.6. The fourth-order valence-electron chi connectivity index (χ4n) is 4.29. The number of ether oxygens (including phenoxy) is 1. The van der Waals surface area contributed by atoms with Gasteiger partial charge >= 0.3 is 0 Å². The van der Waals surface area contributed by atoms with E-state index >= 15 is 0 Å². The van der Waals surface area contributed by atoms with Crippen LogP contribution >= 0.6 is 0 Å². The van der Waals surface area contributed by atoms with E-state index in [0.29, 0.717) is 12.8 Å². The Balaban J connectivity index is 1.61. The molecule has 0 aliphatic carbocycles. The maximum absolute atomic E-state index is 13.6. The van der Waals surface area contributed by atoms with Gasteiger partial charge in [-0.25, -0.2) is 19.0 Å². The molecule has 6 N–H and O–H groups in total. The highest BCUT2D eigenvalue weighted by Gasteiger charge is 2.39. The van der Waals surface area contributed by atoms with Crippen LogP contribution in [0.4, 0.5) is 13.2 Å². The highest BCUT2D eigenvalue weighted by Crippen LogP contribution is 2.27. The minimum absolute atomic E-state index is 0.0879. The molecule has 1 aliphatic rings. The molecule has 0 aromatic heterocycles. The zero-order chi connectivity index (χ0) is 25.5. The molecule has 1 heterocycles. The molecule has 2 aromatic carbocycles. The summed E-state index contributed by atoms with van der Waals surface area (Å²) in [5.74, 6) is 1.80. The summed E-state index contributed by atoms with van der Waals surface area (Å²) in [4.78, 5) is 2.20. The molecule has 4 atom stereocenters. The Morgan fingerprint density at radius 3 is 2.46 bits per heavy atom. The van der Waals surface area contributed by atoms with Crippen LogP contribution in [0, 0.1) is 17.5 Å². The molecule has 0 spiro atoms. The van der Waals surface area contributed by atoms with Crippen LogP contribution in [0.1, 0.15) is 30.4 Å². The summed E-state index contributed by atoms with van der Waals surface area (Å²) in [6, 6.07) is 11.0. The molecule has 192 valence electrons. The van der Waals surface area contributed by atoms with E-state index in [1.54, 1.807) is 0 Å². The zero-order valence-corrected chi connectivity index (χ0v) is 19.7. The van der Waals surface area contributed by atoms with Crippen molar-refractivity contribution in [2.75, 3.05) is 20.2 Å². The van der Waals surface area contributed by atoms with Crippen LogP contribution in [0.2, 0.25) is 0 Å². The van der Waals surface area contributed by atoms with Crippen molar-refractivity contribution in [2.24, 2.45) is 11.6 Å². The first-order valence-corrected chi connectivity index (χ1v) is 11.5. The van der Waals surface area contributed by atoms with Gasteiger partial charge in [0.2, 0.25) is 0 Å². The molecule has 0 amide bonds. The number of hydrogen-bond acceptors (Lipinski definition) is 7. The summed E-state index contributed by atoms with van der Waals surface area (Å²) in [6.45, 7) is 1.24. The summed E-state index contributed by atoms with van der Waals surface area (Å²) < 4.78 is 46.3. The van der Waals surface area contributed by atoms with Crippen molar-refractivity contribution in [3.63, 3.8) is 0 Å². The number of nitrogens with zero attached hydrogens (tertiary/aromatic N) is 2. The second-order valence-corrected chi connectivity index (χ2v) is 8.92. The second kappa shape index (κ2) is 12.4. The number of nitrogens with two attached hydrogens (primary N) is 2. The second-order valence-electron chi connectivity index (χ2n) is 8.92. The van der Waals surface area contributed by atoms with Gasteiger partial charge in [0.15, 0.2) is 17.5 Å². The topological polar surface area (TPSA) is 108 Å². The lowest BCUT2D eigenvalue weighted by Crippen LogP contribution is -2.57. The normalized spacial score (nSPS) is 23.0. The number of hydrogen-bond donors (Lipinski definition) is 4. The number of hydrazine groups is 1. The van der Waals surface area contributed by atoms with Crippen molar-refractivity contribution in [3.05, 3.63) is 77.2 Å². The third-order valence-corrected chi connectivity index (χ3v) is 6.18. The molecular weight excluding hydrogens is 461 g/mol. The Morgan fingerprint density at radius 2 is 1.83 bits per heavy atom. The van der Waals surface area contributed by atoms with E-state index in [9.17, 15) is 23.4 Å². The lowest BCUT2D eigenvalue weighted by molar-refractivity contribution is -0.163. The third-order valence-electron chi connectivity index (χ3n) is 6.18. The van der Waals surface area contributed by atoms with Gasteiger partial charge in [0.05, 0.1) is 24.4 Å². The molecule has 2 aromatic rings. The molecule has 0 saturated carbocycles. The van der Waals surface area contributed by atoms with Crippen LogP contribution in [0.25, 0.3) is 5.70 Å². The molecule has 1 aliphatic heterocycles. The van der Waals surface area contributed by atoms with Gasteiger partial charge in [-0.1, -0.05) is 30.3 Å². The summed E-state index contributed by atoms with van der Waals surface area (Å²) in [5, 5.41) is 21.5. The Morgan fingerprint density at radius 1 is 1.17 bits per heavy atom. The van der Waals surface area contributed by atoms with E-state index in [2.05, 4.69) is 17.0 Å². The molecule has 4 unspecified atom stereocenters. The number of aliphatic hydroxyl groups is 2. The zero-order valence-electron chi connectivity index (χ0n) is 19.7. The van der Waals surface area contributed by atoms with Crippen LogP contribution < -0.4 is 11.6 Å². The van der Waals surface area contributed by atoms with Crippen molar-refractivity contribution >= 4 is 5.70 Å². The van der Waals surface area contributed by atoms with Crippen LogP contribution in [0.5, 0.6) is 0 Å². The number of halogens is 3. The molecule has 10 heteroatoms. The van der Waals surface area contributed by atoms with Crippen LogP contribution in [0.3, 0.4) is 0 Å². The first kappa shape index (κ1) is 27.0. The predicted molar refractivity (Wildman–Crippen MR) is 127 cm³/mol. The smallest absolute Gasteiger partial charge is 0.194 e. The van der Waals surface area contributed by atoms with E-state index in [1.807, 2.05) is 25.2 Å². The standard InChI is InChI=1S/C25H33F3N4O3/c1-31(13-16-6-3-2-4-7-16)9-5-8-18-12-22(25(34)23(15-33)35-18)32(30)14-21(29)17-10-19(26)24(28)20(27)11-17/h2-4,6-7,10-11,14,18,22-23,25,33-34H,5,8-9,12-13,15,29-30H2,1H3/b21-14-. The molecule has 0 radical (unpaired) electrons. The average molecular weight is 495 g/mol. The van der Waals surface area contributed by atoms with Gasteiger partial charge < -0.3 is 30.6 Å². The van der Waals surface area contributed by atoms with Gasteiger partial charge in [-0.2, -0.15) is 0 Å². The van der Waals surface area contributed by atoms with Gasteiger partial charge in [0.1, 0.15) is 12.2 Å². The molecule has 35 heavy (non-hydrogen) atoms. The highest BCUT2D eigenvalue weighted by molar-refractivity contribution is 5.62. The van der Waals surface area contributed by atoms with Crippen molar-refractivity contribution in [3.8, 4) is 0 Å². The van der Waals surface area contributed by atoms with Gasteiger partial charge in [-0.05, 0) is 50.6 Å². The summed E-state index contributed by atoms with van der Waals surface area (Å²) >= 11 is 0. The van der Waals surface area contributed by atoms with E-state index < -0.39 is 42.3 Å². The summed E-state index contributed by atoms with van der Waals surface area (Å²) in [5.41, 5.74) is 6.95. The van der Waals surface area contributed by atoms with Crippen LogP contribution in [0.15, 0.2) is 48.7 Å². The van der Waals surface area contributed by atoms with Gasteiger partial charge in [0.25, 0.3) is 0 Å². The van der Waals surface area contributed by atoms with E-state index in [-0.39, 0.29) is 17.4 Å². The van der Waals surface area contributed by atoms with E-state index in [4.69, 9.17) is 16.3 Å². The molecular formula is C25H33F3N4O3. The lowest BCUT2D eigenvalue weighted by Gasteiger charge is -2.42. The highest BCUT2D eigenvalue weighted by atomic mass is 19.2.